The molecule has 0 saturated carbocycles. The summed E-state index contributed by atoms with van der Waals surface area (Å²) >= 11 is 6.07. The summed E-state index contributed by atoms with van der Waals surface area (Å²) in [5.74, 6) is 0.253. The minimum absolute atomic E-state index is 0.223. The lowest BCUT2D eigenvalue weighted by molar-refractivity contribution is 0.0935. The van der Waals surface area contributed by atoms with Crippen molar-refractivity contribution < 1.29 is 14.0 Å². The van der Waals surface area contributed by atoms with Gasteiger partial charge in [0.25, 0.3) is 11.8 Å². The molecule has 3 N–H and O–H groups in total. The fourth-order valence-corrected chi connectivity index (χ4v) is 5.90. The maximum atomic E-state index is 13.4. The van der Waals surface area contributed by atoms with E-state index in [0.717, 1.165) is 49.9 Å². The number of para-hydroxylation sites is 1. The topological polar surface area (TPSA) is 86.6 Å². The first kappa shape index (κ1) is 30.4. The summed E-state index contributed by atoms with van der Waals surface area (Å²) < 4.78 is 5.32. The van der Waals surface area contributed by atoms with Crippen LogP contribution in [0.1, 0.15) is 62.9 Å². The van der Waals surface area contributed by atoms with Gasteiger partial charge in [0.1, 0.15) is 0 Å². The lowest BCUT2D eigenvalue weighted by Crippen LogP contribution is -2.34. The summed E-state index contributed by atoms with van der Waals surface area (Å²) in [6, 6.07) is 24.7. The van der Waals surface area contributed by atoms with Crippen LogP contribution in [0.5, 0.6) is 0 Å². The predicted octanol–water partition coefficient (Wildman–Crippen LogP) is 7.03. The largest absolute Gasteiger partial charge is 0.459 e. The summed E-state index contributed by atoms with van der Waals surface area (Å²) in [7, 11) is 1.85. The molecule has 2 amide bonds. The number of hydrogen-bond donors (Lipinski definition) is 3. The van der Waals surface area contributed by atoms with Crippen molar-refractivity contribution in [2.24, 2.45) is 5.92 Å². The number of benzene rings is 3. The number of piperidine rings is 1. The standard InChI is InChI=1S/C35H39ClN4O3/c1-24-6-3-4-7-32(24)40-19-17-25(18-20-40)9-10-26-11-12-28(22-30(26)38-35(42)33-8-5-21-43-33)34(41)39-31(23-37-2)27-13-15-29(36)16-14-27/h3-8,11-16,21-22,25,31,37H,9-10,17-20,23H2,1-2H3,(H,38,42)(H,39,41)/t31-/m1/s1. The molecule has 0 bridgehead atoms. The number of halogens is 1. The van der Waals surface area contributed by atoms with Crippen LogP contribution in [-0.4, -0.2) is 38.5 Å². The van der Waals surface area contributed by atoms with Crippen LogP contribution in [0.2, 0.25) is 5.02 Å². The van der Waals surface area contributed by atoms with Crippen molar-refractivity contribution in [2.75, 3.05) is 36.9 Å². The van der Waals surface area contributed by atoms with E-state index in [2.05, 4.69) is 52.0 Å². The predicted molar refractivity (Wildman–Crippen MR) is 173 cm³/mol. The lowest BCUT2D eigenvalue weighted by Gasteiger charge is -2.34. The molecule has 1 atom stereocenters. The van der Waals surface area contributed by atoms with E-state index in [1.807, 2.05) is 43.4 Å². The highest BCUT2D eigenvalue weighted by Gasteiger charge is 2.22. The number of carbonyl (C=O) groups excluding carboxylic acids is 2. The summed E-state index contributed by atoms with van der Waals surface area (Å²) in [5, 5.41) is 9.91. The SMILES string of the molecule is CNC[C@@H](NC(=O)c1ccc(CCC2CCN(c3ccccc3C)CC2)c(NC(=O)c2ccco2)c1)c1ccc(Cl)cc1. The van der Waals surface area contributed by atoms with E-state index >= 15 is 0 Å². The Morgan fingerprint density at radius 3 is 2.44 bits per heavy atom. The van der Waals surface area contributed by atoms with Crippen molar-refractivity contribution in [1.29, 1.82) is 0 Å². The van der Waals surface area contributed by atoms with Gasteiger partial charge in [0.05, 0.1) is 12.3 Å². The van der Waals surface area contributed by atoms with Crippen molar-refractivity contribution >= 4 is 34.8 Å². The number of amides is 2. The quantitative estimate of drug-likeness (QED) is 0.172. The van der Waals surface area contributed by atoms with Crippen LogP contribution in [0.25, 0.3) is 0 Å². The van der Waals surface area contributed by atoms with Crippen molar-refractivity contribution in [1.82, 2.24) is 10.6 Å². The molecule has 7 nitrogen and oxygen atoms in total. The van der Waals surface area contributed by atoms with Gasteiger partial charge >= 0.3 is 0 Å². The van der Waals surface area contributed by atoms with Crippen LogP contribution in [0.4, 0.5) is 11.4 Å². The van der Waals surface area contributed by atoms with Gasteiger partial charge in [0.2, 0.25) is 0 Å². The van der Waals surface area contributed by atoms with E-state index in [1.54, 1.807) is 18.2 Å². The van der Waals surface area contributed by atoms with Gasteiger partial charge in [0, 0.05) is 41.6 Å². The molecule has 2 heterocycles. The van der Waals surface area contributed by atoms with Crippen LogP contribution >= 0.6 is 11.6 Å². The monoisotopic (exact) mass is 598 g/mol. The Hall–Kier alpha value is -4.07. The van der Waals surface area contributed by atoms with E-state index in [-0.39, 0.29) is 23.6 Å². The minimum Gasteiger partial charge on any atom is -0.459 e. The number of nitrogens with one attached hydrogen (secondary N) is 3. The summed E-state index contributed by atoms with van der Waals surface area (Å²) in [6.45, 7) is 4.80. The average Bonchev–Trinajstić information content (AvgIpc) is 3.57. The molecule has 1 aromatic heterocycles. The Bertz CT molecular complexity index is 1510. The van der Waals surface area contributed by atoms with Crippen molar-refractivity contribution in [3.8, 4) is 0 Å². The second kappa shape index (κ2) is 14.4. The molecule has 0 unspecified atom stereocenters. The molecule has 1 aliphatic rings. The molecular weight excluding hydrogens is 560 g/mol. The average molecular weight is 599 g/mol. The maximum Gasteiger partial charge on any atom is 0.291 e. The second-order valence-electron chi connectivity index (χ2n) is 11.2. The highest BCUT2D eigenvalue weighted by molar-refractivity contribution is 6.30. The molecule has 8 heteroatoms. The van der Waals surface area contributed by atoms with Crippen molar-refractivity contribution in [2.45, 2.75) is 38.6 Å². The Labute approximate surface area is 258 Å². The highest BCUT2D eigenvalue weighted by atomic mass is 35.5. The minimum atomic E-state index is -0.343. The molecule has 43 heavy (non-hydrogen) atoms. The van der Waals surface area contributed by atoms with Gasteiger partial charge in [-0.2, -0.15) is 0 Å². The van der Waals surface area contributed by atoms with Crippen LogP contribution in [0, 0.1) is 12.8 Å². The molecule has 0 aliphatic carbocycles. The number of nitrogens with zero attached hydrogens (tertiary/aromatic N) is 1. The van der Waals surface area contributed by atoms with Crippen LogP contribution in [0.3, 0.4) is 0 Å². The van der Waals surface area contributed by atoms with Gasteiger partial charge in [-0.15, -0.1) is 0 Å². The molecule has 4 aromatic rings. The normalized spacial score (nSPS) is 14.3. The number of anilines is 2. The molecule has 224 valence electrons. The summed E-state index contributed by atoms with van der Waals surface area (Å²) in [4.78, 5) is 28.9. The van der Waals surface area contributed by atoms with Gasteiger partial charge in [-0.3, -0.25) is 9.59 Å². The molecule has 1 saturated heterocycles. The fourth-order valence-electron chi connectivity index (χ4n) is 5.78. The number of carbonyl (C=O) groups is 2. The highest BCUT2D eigenvalue weighted by Crippen LogP contribution is 2.30. The molecule has 1 fully saturated rings. The zero-order valence-corrected chi connectivity index (χ0v) is 25.5. The van der Waals surface area contributed by atoms with Crippen molar-refractivity contribution in [3.63, 3.8) is 0 Å². The van der Waals surface area contributed by atoms with Gasteiger partial charge in [-0.05, 0) is 105 Å². The number of likely N-dealkylation sites (N-methyl/N-ethyl adjacent to an activating group) is 1. The fraction of sp³-hybridized carbons (Fsp3) is 0.314. The zero-order chi connectivity index (χ0) is 30.2. The van der Waals surface area contributed by atoms with Gasteiger partial charge in [-0.1, -0.05) is 48.0 Å². The summed E-state index contributed by atoms with van der Waals surface area (Å²) in [5.41, 5.74) is 5.69. The first-order valence-electron chi connectivity index (χ1n) is 14.9. The summed E-state index contributed by atoms with van der Waals surface area (Å²) in [6.07, 6.45) is 5.54. The van der Waals surface area contributed by atoms with E-state index in [1.165, 1.54) is 17.5 Å². The van der Waals surface area contributed by atoms with Gasteiger partial charge in [0.15, 0.2) is 5.76 Å². The smallest absolute Gasteiger partial charge is 0.291 e. The van der Waals surface area contributed by atoms with E-state index in [0.29, 0.717) is 28.7 Å². The third-order valence-corrected chi connectivity index (χ3v) is 8.50. The third-order valence-electron chi connectivity index (χ3n) is 8.24. The lowest BCUT2D eigenvalue weighted by atomic mass is 9.89. The Morgan fingerprint density at radius 1 is 0.977 bits per heavy atom. The molecular formula is C35H39ClN4O3. The van der Waals surface area contributed by atoms with Gasteiger partial charge in [-0.25, -0.2) is 0 Å². The maximum absolute atomic E-state index is 13.4. The number of furan rings is 1. The molecule has 0 spiro atoms. The number of hydrogen-bond acceptors (Lipinski definition) is 5. The Balaban J connectivity index is 1.28. The Kier molecular flexibility index (Phi) is 10.2. The molecule has 1 aliphatic heterocycles. The van der Waals surface area contributed by atoms with E-state index < -0.39 is 0 Å². The zero-order valence-electron chi connectivity index (χ0n) is 24.7. The third kappa shape index (κ3) is 7.86. The molecule has 0 radical (unpaired) electrons. The van der Waals surface area contributed by atoms with E-state index in [4.69, 9.17) is 16.0 Å². The van der Waals surface area contributed by atoms with Crippen LogP contribution in [-0.2, 0) is 6.42 Å². The molecule has 3 aromatic carbocycles. The van der Waals surface area contributed by atoms with Crippen LogP contribution in [0.15, 0.2) is 89.5 Å². The Morgan fingerprint density at radius 2 is 1.74 bits per heavy atom. The van der Waals surface area contributed by atoms with E-state index in [9.17, 15) is 9.59 Å². The van der Waals surface area contributed by atoms with Gasteiger partial charge < -0.3 is 25.3 Å². The van der Waals surface area contributed by atoms with Crippen molar-refractivity contribution in [3.05, 3.63) is 118 Å². The number of rotatable bonds is 11. The first-order chi connectivity index (χ1) is 20.9. The molecule has 5 rings (SSSR count). The second-order valence-corrected chi connectivity index (χ2v) is 11.6. The first-order valence-corrected chi connectivity index (χ1v) is 15.3. The van der Waals surface area contributed by atoms with Crippen LogP contribution < -0.4 is 20.9 Å². The number of aryl methyl sites for hydroxylation is 2.